The molecule has 0 aromatic heterocycles. The second kappa shape index (κ2) is 20.5. The summed E-state index contributed by atoms with van der Waals surface area (Å²) < 4.78 is 22.9. The molecular weight excluding hydrogens is 715 g/mol. The molecule has 2 aliphatic rings. The second-order valence-electron chi connectivity index (χ2n) is 16.7. The fourth-order valence-electron chi connectivity index (χ4n) is 8.21. The standard InChI is InChI=1S/C49H59NO7/c1-49(2,3)42-29-27-36(30-43(42)50-46(51)31-41-39-22-12-14-24-44(39)57-45-25-15-13-23-40(41)45)26-28-38(21-11-10-18-35-16-6-4-7-17-35)56-48(53)34-54-33-47(52)55-32-37-19-8-5-9-20-37/h5,8-9,12-15,19-20,22-25,27,29-30,35,38,41H,4,6-7,10-11,16-18,21,26,28,31-34H2,1-3H3,(H,50,51). The summed E-state index contributed by atoms with van der Waals surface area (Å²) in [4.78, 5) is 39.1. The number of nitrogens with one attached hydrogen (secondary N) is 1. The number of amides is 1. The molecule has 302 valence electrons. The van der Waals surface area contributed by atoms with Crippen molar-refractivity contribution >= 4 is 23.5 Å². The molecule has 4 aromatic carbocycles. The van der Waals surface area contributed by atoms with E-state index in [1.54, 1.807) is 0 Å². The molecule has 57 heavy (non-hydrogen) atoms. The predicted molar refractivity (Wildman–Crippen MR) is 223 cm³/mol. The van der Waals surface area contributed by atoms with Crippen molar-refractivity contribution in [3.05, 3.63) is 125 Å². The van der Waals surface area contributed by atoms with Gasteiger partial charge in [-0.25, -0.2) is 9.59 Å². The third-order valence-electron chi connectivity index (χ3n) is 11.2. The predicted octanol–water partition coefficient (Wildman–Crippen LogP) is 11.0. The van der Waals surface area contributed by atoms with Gasteiger partial charge in [0.2, 0.25) is 5.91 Å². The van der Waals surface area contributed by atoms with E-state index < -0.39 is 11.9 Å². The Kier molecular flexibility index (Phi) is 15.0. The van der Waals surface area contributed by atoms with Crippen molar-refractivity contribution in [3.63, 3.8) is 0 Å². The first-order valence-corrected chi connectivity index (χ1v) is 20.9. The number of rotatable bonds is 18. The first-order chi connectivity index (χ1) is 27.6. The molecule has 0 radical (unpaired) electrons. The van der Waals surface area contributed by atoms with Crippen LogP contribution in [-0.2, 0) is 47.0 Å². The molecule has 1 heterocycles. The number of aryl methyl sites for hydroxylation is 1. The smallest absolute Gasteiger partial charge is 0.332 e. The van der Waals surface area contributed by atoms with Crippen molar-refractivity contribution in [2.45, 2.75) is 122 Å². The molecule has 6 rings (SSSR count). The maximum Gasteiger partial charge on any atom is 0.332 e. The first-order valence-electron chi connectivity index (χ1n) is 20.9. The molecule has 8 heteroatoms. The normalized spacial score (nSPS) is 14.8. The Morgan fingerprint density at radius 1 is 0.754 bits per heavy atom. The molecule has 1 N–H and O–H groups in total. The highest BCUT2D eigenvalue weighted by molar-refractivity contribution is 5.93. The molecule has 1 aliphatic heterocycles. The van der Waals surface area contributed by atoms with Gasteiger partial charge in [-0.05, 0) is 71.9 Å². The molecule has 0 saturated heterocycles. The van der Waals surface area contributed by atoms with Crippen molar-refractivity contribution < 1.29 is 33.3 Å². The van der Waals surface area contributed by atoms with Gasteiger partial charge in [0.1, 0.15) is 37.4 Å². The van der Waals surface area contributed by atoms with Gasteiger partial charge in [0.25, 0.3) is 0 Å². The largest absolute Gasteiger partial charge is 0.461 e. The molecule has 0 spiro atoms. The van der Waals surface area contributed by atoms with Crippen LogP contribution in [0.15, 0.2) is 97.1 Å². The van der Waals surface area contributed by atoms with E-state index in [-0.39, 0.29) is 49.6 Å². The minimum absolute atomic E-state index is 0.0668. The van der Waals surface area contributed by atoms with Gasteiger partial charge in [-0.1, -0.05) is 145 Å². The Balaban J connectivity index is 1.08. The number of hydrogen-bond donors (Lipinski definition) is 1. The van der Waals surface area contributed by atoms with Gasteiger partial charge in [-0.2, -0.15) is 0 Å². The second-order valence-corrected chi connectivity index (χ2v) is 16.7. The Labute approximate surface area is 338 Å². The molecule has 1 saturated carbocycles. The molecule has 8 nitrogen and oxygen atoms in total. The zero-order chi connectivity index (χ0) is 40.0. The van der Waals surface area contributed by atoms with Gasteiger partial charge in [0.05, 0.1) is 0 Å². The summed E-state index contributed by atoms with van der Waals surface area (Å²) in [5, 5.41) is 3.29. The quantitative estimate of drug-likeness (QED) is 0.0794. The van der Waals surface area contributed by atoms with Crippen molar-refractivity contribution in [2.24, 2.45) is 5.92 Å². The highest BCUT2D eigenvalue weighted by atomic mass is 16.6. The number of fused-ring (bicyclic) bond motifs is 2. The Bertz CT molecular complexity index is 1880. The lowest BCUT2D eigenvalue weighted by Crippen LogP contribution is -2.24. The SMILES string of the molecule is CC(C)(C)c1ccc(CCC(CCCCC2CCCCC2)OC(=O)COCC(=O)OCc2ccccc2)cc1NC(=O)CC1c2ccccc2Oc2ccccc21. The van der Waals surface area contributed by atoms with Gasteiger partial charge in [0.15, 0.2) is 0 Å². The summed E-state index contributed by atoms with van der Waals surface area (Å²) >= 11 is 0. The molecule has 1 amide bonds. The van der Waals surface area contributed by atoms with Gasteiger partial charge < -0.3 is 24.3 Å². The molecule has 4 aromatic rings. The lowest BCUT2D eigenvalue weighted by molar-refractivity contribution is -0.159. The minimum atomic E-state index is -0.532. The third-order valence-corrected chi connectivity index (χ3v) is 11.2. The van der Waals surface area contributed by atoms with Crippen LogP contribution in [-0.4, -0.2) is 37.2 Å². The van der Waals surface area contributed by atoms with Crippen LogP contribution in [0.25, 0.3) is 0 Å². The molecule has 1 aliphatic carbocycles. The number of unbranched alkanes of at least 4 members (excludes halogenated alkanes) is 1. The number of anilines is 1. The van der Waals surface area contributed by atoms with Gasteiger partial charge in [-0.3, -0.25) is 4.79 Å². The van der Waals surface area contributed by atoms with Gasteiger partial charge >= 0.3 is 11.9 Å². The number of esters is 2. The summed E-state index contributed by atoms with van der Waals surface area (Å²) in [6, 6.07) is 31.6. The van der Waals surface area contributed by atoms with E-state index in [9.17, 15) is 14.4 Å². The van der Waals surface area contributed by atoms with Gasteiger partial charge in [0, 0.05) is 29.2 Å². The monoisotopic (exact) mass is 773 g/mol. The zero-order valence-corrected chi connectivity index (χ0v) is 33.9. The Morgan fingerprint density at radius 2 is 1.42 bits per heavy atom. The van der Waals surface area contributed by atoms with Crippen LogP contribution in [0.4, 0.5) is 5.69 Å². The van der Waals surface area contributed by atoms with E-state index >= 15 is 0 Å². The summed E-state index contributed by atoms with van der Waals surface area (Å²) in [6.45, 7) is 5.95. The number of carbonyl (C=O) groups is 3. The van der Waals surface area contributed by atoms with E-state index in [0.717, 1.165) is 70.2 Å². The topological polar surface area (TPSA) is 100 Å². The van der Waals surface area contributed by atoms with Crippen molar-refractivity contribution in [1.29, 1.82) is 0 Å². The van der Waals surface area contributed by atoms with Crippen LogP contribution in [0, 0.1) is 5.92 Å². The van der Waals surface area contributed by atoms with E-state index in [1.807, 2.05) is 78.9 Å². The summed E-state index contributed by atoms with van der Waals surface area (Å²) in [6.07, 6.45) is 12.0. The number of carbonyl (C=O) groups excluding carboxylic acids is 3. The lowest BCUT2D eigenvalue weighted by atomic mass is 9.84. The fourth-order valence-corrected chi connectivity index (χ4v) is 8.21. The summed E-state index contributed by atoms with van der Waals surface area (Å²) in [5.41, 5.74) is 5.59. The van der Waals surface area contributed by atoms with Crippen molar-refractivity contribution in [3.8, 4) is 11.5 Å². The fraction of sp³-hybridized carbons (Fsp3) is 0.449. The number of ether oxygens (including phenoxy) is 4. The highest BCUT2D eigenvalue weighted by Crippen LogP contribution is 2.45. The van der Waals surface area contributed by atoms with Crippen LogP contribution in [0.1, 0.15) is 125 Å². The third kappa shape index (κ3) is 12.5. The van der Waals surface area contributed by atoms with Crippen LogP contribution in [0.2, 0.25) is 0 Å². The van der Waals surface area contributed by atoms with Crippen molar-refractivity contribution in [1.82, 2.24) is 0 Å². The molecular formula is C49H59NO7. The molecule has 1 atom stereocenters. The number of hydrogen-bond acceptors (Lipinski definition) is 7. The van der Waals surface area contributed by atoms with Crippen LogP contribution in [0.5, 0.6) is 11.5 Å². The van der Waals surface area contributed by atoms with Crippen molar-refractivity contribution in [2.75, 3.05) is 18.5 Å². The van der Waals surface area contributed by atoms with Crippen LogP contribution in [0.3, 0.4) is 0 Å². The Morgan fingerprint density at radius 3 is 2.12 bits per heavy atom. The van der Waals surface area contributed by atoms with Gasteiger partial charge in [-0.15, -0.1) is 0 Å². The maximum atomic E-state index is 13.9. The Hall–Kier alpha value is -4.95. The maximum absolute atomic E-state index is 13.9. The van der Waals surface area contributed by atoms with E-state index in [2.05, 4.69) is 44.3 Å². The van der Waals surface area contributed by atoms with Crippen LogP contribution >= 0.6 is 0 Å². The van der Waals surface area contributed by atoms with E-state index in [1.165, 1.54) is 38.5 Å². The number of para-hydroxylation sites is 2. The molecule has 1 unspecified atom stereocenters. The molecule has 1 fully saturated rings. The molecule has 0 bridgehead atoms. The van der Waals surface area contributed by atoms with E-state index in [0.29, 0.717) is 12.8 Å². The summed E-state index contributed by atoms with van der Waals surface area (Å²) in [7, 11) is 0. The summed E-state index contributed by atoms with van der Waals surface area (Å²) in [5.74, 6) is 1.14. The van der Waals surface area contributed by atoms with Crippen LogP contribution < -0.4 is 10.1 Å². The average molecular weight is 774 g/mol. The average Bonchev–Trinajstić information content (AvgIpc) is 3.21. The number of benzene rings is 4. The highest BCUT2D eigenvalue weighted by Gasteiger charge is 2.29. The minimum Gasteiger partial charge on any atom is -0.461 e. The lowest BCUT2D eigenvalue weighted by Gasteiger charge is -2.28. The van der Waals surface area contributed by atoms with E-state index in [4.69, 9.17) is 18.9 Å². The first kappa shape index (κ1) is 41.7. The zero-order valence-electron chi connectivity index (χ0n) is 33.9.